The van der Waals surface area contributed by atoms with E-state index in [0.29, 0.717) is 37.5 Å². The van der Waals surface area contributed by atoms with Crippen LogP contribution < -0.4 is 14.8 Å². The second-order valence-corrected chi connectivity index (χ2v) is 9.31. The number of halogens is 1. The van der Waals surface area contributed by atoms with E-state index in [1.807, 2.05) is 24.3 Å². The van der Waals surface area contributed by atoms with Gasteiger partial charge in [0.1, 0.15) is 18.5 Å². The number of nitrogens with one attached hydrogen (secondary N) is 1. The van der Waals surface area contributed by atoms with Crippen LogP contribution >= 0.6 is 0 Å². The van der Waals surface area contributed by atoms with Crippen molar-refractivity contribution in [3.63, 3.8) is 0 Å². The Bertz CT molecular complexity index is 1000. The number of hydrogen-bond donors (Lipinski definition) is 1. The van der Waals surface area contributed by atoms with E-state index in [4.69, 9.17) is 9.47 Å². The number of ether oxygens (including phenoxy) is 2. The zero-order valence-corrected chi connectivity index (χ0v) is 17.1. The van der Waals surface area contributed by atoms with Gasteiger partial charge in [-0.2, -0.15) is 4.31 Å². The summed E-state index contributed by atoms with van der Waals surface area (Å²) in [6, 6.07) is 12.1. The summed E-state index contributed by atoms with van der Waals surface area (Å²) in [5, 5.41) is 2.89. The third kappa shape index (κ3) is 4.41. The van der Waals surface area contributed by atoms with Gasteiger partial charge >= 0.3 is 0 Å². The number of benzene rings is 2. The molecule has 2 aliphatic rings. The SMILES string of the molecule is O=C(NC[C@@H]1COc2ccccc2O1)C1CCN(S(=O)(=O)c2ccc(F)cc2)CC1. The van der Waals surface area contributed by atoms with Crippen LogP contribution in [0.3, 0.4) is 0 Å². The Labute approximate surface area is 174 Å². The van der Waals surface area contributed by atoms with E-state index >= 15 is 0 Å². The fourth-order valence-corrected chi connectivity index (χ4v) is 5.11. The third-order valence-electron chi connectivity index (χ3n) is 5.35. The molecule has 0 radical (unpaired) electrons. The maximum absolute atomic E-state index is 13.1. The summed E-state index contributed by atoms with van der Waals surface area (Å²) < 4.78 is 51.3. The van der Waals surface area contributed by atoms with E-state index in [1.54, 1.807) is 0 Å². The van der Waals surface area contributed by atoms with Crippen molar-refractivity contribution in [3.05, 3.63) is 54.3 Å². The Morgan fingerprint density at radius 1 is 1.07 bits per heavy atom. The number of carbonyl (C=O) groups excluding carboxylic acids is 1. The molecule has 2 heterocycles. The summed E-state index contributed by atoms with van der Waals surface area (Å²) in [5.41, 5.74) is 0. The topological polar surface area (TPSA) is 84.9 Å². The Morgan fingerprint density at radius 2 is 1.73 bits per heavy atom. The summed E-state index contributed by atoms with van der Waals surface area (Å²) >= 11 is 0. The van der Waals surface area contributed by atoms with Gasteiger partial charge in [-0.1, -0.05) is 12.1 Å². The highest BCUT2D eigenvalue weighted by Gasteiger charge is 2.32. The molecule has 0 saturated carbocycles. The summed E-state index contributed by atoms with van der Waals surface area (Å²) in [5.74, 6) is 0.482. The third-order valence-corrected chi connectivity index (χ3v) is 7.26. The molecule has 1 N–H and O–H groups in total. The molecular formula is C21H23FN2O5S. The number of sulfonamides is 1. The van der Waals surface area contributed by atoms with Crippen molar-refractivity contribution in [1.82, 2.24) is 9.62 Å². The smallest absolute Gasteiger partial charge is 0.243 e. The fourth-order valence-electron chi connectivity index (χ4n) is 3.64. The molecule has 2 aromatic rings. The second kappa shape index (κ2) is 8.61. The predicted molar refractivity (Wildman–Crippen MR) is 107 cm³/mol. The van der Waals surface area contributed by atoms with Crippen molar-refractivity contribution in [1.29, 1.82) is 0 Å². The Kier molecular flexibility index (Phi) is 5.92. The molecular weight excluding hydrogens is 411 g/mol. The van der Waals surface area contributed by atoms with E-state index in [2.05, 4.69) is 5.32 Å². The maximum atomic E-state index is 13.1. The van der Waals surface area contributed by atoms with Gasteiger partial charge in [-0.25, -0.2) is 12.8 Å². The molecule has 2 aliphatic heterocycles. The van der Waals surface area contributed by atoms with Crippen molar-refractivity contribution in [2.45, 2.75) is 23.8 Å². The van der Waals surface area contributed by atoms with Gasteiger partial charge in [0.15, 0.2) is 11.5 Å². The van der Waals surface area contributed by atoms with Crippen LogP contribution in [-0.2, 0) is 14.8 Å². The number of piperidine rings is 1. The number of para-hydroxylation sites is 2. The van der Waals surface area contributed by atoms with Crippen LogP contribution in [0.1, 0.15) is 12.8 Å². The zero-order valence-electron chi connectivity index (χ0n) is 16.3. The first kappa shape index (κ1) is 20.6. The Hall–Kier alpha value is -2.65. The van der Waals surface area contributed by atoms with Gasteiger partial charge in [-0.05, 0) is 49.2 Å². The van der Waals surface area contributed by atoms with E-state index in [1.165, 1.54) is 16.4 Å². The molecule has 30 heavy (non-hydrogen) atoms. The normalized spacial score (nSPS) is 20.0. The van der Waals surface area contributed by atoms with Gasteiger partial charge in [0, 0.05) is 19.0 Å². The van der Waals surface area contributed by atoms with Crippen LogP contribution in [0.2, 0.25) is 0 Å². The van der Waals surface area contributed by atoms with Crippen molar-refractivity contribution < 1.29 is 27.1 Å². The average molecular weight is 434 g/mol. The number of nitrogens with zero attached hydrogens (tertiary/aromatic N) is 1. The van der Waals surface area contributed by atoms with Crippen LogP contribution in [0.25, 0.3) is 0 Å². The van der Waals surface area contributed by atoms with E-state index < -0.39 is 15.8 Å². The van der Waals surface area contributed by atoms with Crippen LogP contribution in [0, 0.1) is 11.7 Å². The average Bonchev–Trinajstić information content (AvgIpc) is 2.77. The standard InChI is InChI=1S/C21H23FN2O5S/c22-16-5-7-18(8-6-16)30(26,27)24-11-9-15(10-12-24)21(25)23-13-17-14-28-19-3-1-2-4-20(19)29-17/h1-8,15,17H,9-14H2,(H,23,25)/t17-/m1/s1. The molecule has 0 aromatic heterocycles. The predicted octanol–water partition coefficient (Wildman–Crippen LogP) is 2.18. The number of rotatable bonds is 5. The summed E-state index contributed by atoms with van der Waals surface area (Å²) in [6.07, 6.45) is 0.580. The molecule has 1 amide bonds. The number of hydrogen-bond acceptors (Lipinski definition) is 5. The molecule has 1 saturated heterocycles. The van der Waals surface area contributed by atoms with Crippen LogP contribution in [0.5, 0.6) is 11.5 Å². The summed E-state index contributed by atoms with van der Waals surface area (Å²) in [6.45, 7) is 1.16. The van der Waals surface area contributed by atoms with Gasteiger partial charge in [0.2, 0.25) is 15.9 Å². The molecule has 4 rings (SSSR count). The van der Waals surface area contributed by atoms with Crippen LogP contribution in [0.4, 0.5) is 4.39 Å². The molecule has 1 fully saturated rings. The van der Waals surface area contributed by atoms with Gasteiger partial charge in [0.25, 0.3) is 0 Å². The number of carbonyl (C=O) groups is 1. The second-order valence-electron chi connectivity index (χ2n) is 7.38. The lowest BCUT2D eigenvalue weighted by molar-refractivity contribution is -0.126. The highest BCUT2D eigenvalue weighted by Crippen LogP contribution is 2.30. The van der Waals surface area contributed by atoms with Crippen molar-refractivity contribution in [2.75, 3.05) is 26.2 Å². The Balaban J connectivity index is 1.27. The molecule has 0 unspecified atom stereocenters. The maximum Gasteiger partial charge on any atom is 0.243 e. The Morgan fingerprint density at radius 3 is 2.43 bits per heavy atom. The minimum Gasteiger partial charge on any atom is -0.486 e. The highest BCUT2D eigenvalue weighted by molar-refractivity contribution is 7.89. The van der Waals surface area contributed by atoms with Crippen molar-refractivity contribution in [2.24, 2.45) is 5.92 Å². The van der Waals surface area contributed by atoms with Crippen molar-refractivity contribution in [3.8, 4) is 11.5 Å². The van der Waals surface area contributed by atoms with E-state index in [-0.39, 0.29) is 35.9 Å². The minimum atomic E-state index is -3.69. The van der Waals surface area contributed by atoms with Crippen LogP contribution in [0.15, 0.2) is 53.4 Å². The highest BCUT2D eigenvalue weighted by atomic mass is 32.2. The molecule has 0 bridgehead atoms. The minimum absolute atomic E-state index is 0.0570. The van der Waals surface area contributed by atoms with Gasteiger partial charge in [-0.15, -0.1) is 0 Å². The summed E-state index contributed by atoms with van der Waals surface area (Å²) in [4.78, 5) is 12.6. The largest absolute Gasteiger partial charge is 0.486 e. The molecule has 0 aliphatic carbocycles. The van der Waals surface area contributed by atoms with E-state index in [9.17, 15) is 17.6 Å². The van der Waals surface area contributed by atoms with Gasteiger partial charge in [0.05, 0.1) is 11.4 Å². The van der Waals surface area contributed by atoms with E-state index in [0.717, 1.165) is 12.1 Å². The molecule has 9 heteroatoms. The fraction of sp³-hybridized carbons (Fsp3) is 0.381. The lowest BCUT2D eigenvalue weighted by Gasteiger charge is -2.31. The molecule has 7 nitrogen and oxygen atoms in total. The lowest BCUT2D eigenvalue weighted by Crippen LogP contribution is -2.46. The summed E-state index contributed by atoms with van der Waals surface area (Å²) in [7, 11) is -3.69. The quantitative estimate of drug-likeness (QED) is 0.780. The zero-order chi connectivity index (χ0) is 21.1. The molecule has 0 spiro atoms. The number of amides is 1. The first-order valence-corrected chi connectivity index (χ1v) is 11.3. The first-order valence-electron chi connectivity index (χ1n) is 9.85. The first-order chi connectivity index (χ1) is 14.4. The van der Waals surface area contributed by atoms with Gasteiger partial charge in [-0.3, -0.25) is 4.79 Å². The van der Waals surface area contributed by atoms with Crippen molar-refractivity contribution >= 4 is 15.9 Å². The molecule has 2 aromatic carbocycles. The molecule has 160 valence electrons. The molecule has 1 atom stereocenters. The van der Waals surface area contributed by atoms with Crippen LogP contribution in [-0.4, -0.2) is 51.0 Å². The number of fused-ring (bicyclic) bond motifs is 1. The monoisotopic (exact) mass is 434 g/mol. The van der Waals surface area contributed by atoms with Gasteiger partial charge < -0.3 is 14.8 Å². The lowest BCUT2D eigenvalue weighted by atomic mass is 9.97.